The lowest BCUT2D eigenvalue weighted by molar-refractivity contribution is -0.143. The average Bonchev–Trinajstić information content (AvgIpc) is 2.55. The van der Waals surface area contributed by atoms with Crippen LogP contribution in [0.5, 0.6) is 0 Å². The molecule has 0 aliphatic heterocycles. The van der Waals surface area contributed by atoms with E-state index in [0.29, 0.717) is 32.0 Å². The average molecular weight is 240 g/mol. The van der Waals surface area contributed by atoms with Gasteiger partial charge in [-0.25, -0.2) is 4.98 Å². The zero-order valence-corrected chi connectivity index (χ0v) is 10.9. The van der Waals surface area contributed by atoms with E-state index in [-0.39, 0.29) is 5.97 Å². The molecule has 0 N–H and O–H groups in total. The number of hydrogen-bond acceptors (Lipinski definition) is 5. The van der Waals surface area contributed by atoms with Gasteiger partial charge in [0.2, 0.25) is 5.89 Å². The maximum absolute atomic E-state index is 11.2. The molecular formula is C12H20N2O3. The van der Waals surface area contributed by atoms with Crippen molar-refractivity contribution in [3.63, 3.8) is 0 Å². The predicted octanol–water partition coefficient (Wildman–Crippen LogP) is 1.68. The first-order valence-electron chi connectivity index (χ1n) is 5.80. The summed E-state index contributed by atoms with van der Waals surface area (Å²) in [7, 11) is 1.92. The Kier molecular flexibility index (Phi) is 5.15. The summed E-state index contributed by atoms with van der Waals surface area (Å²) < 4.78 is 10.3. The second-order valence-corrected chi connectivity index (χ2v) is 4.04. The molecule has 1 aromatic rings. The van der Waals surface area contributed by atoms with Crippen LogP contribution in [0.25, 0.3) is 0 Å². The zero-order valence-electron chi connectivity index (χ0n) is 10.9. The molecule has 0 atom stereocenters. The summed E-state index contributed by atoms with van der Waals surface area (Å²) in [4.78, 5) is 17.4. The fourth-order valence-corrected chi connectivity index (χ4v) is 1.43. The van der Waals surface area contributed by atoms with E-state index < -0.39 is 0 Å². The lowest BCUT2D eigenvalue weighted by Crippen LogP contribution is -2.22. The summed E-state index contributed by atoms with van der Waals surface area (Å²) in [6.45, 7) is 7.29. The van der Waals surface area contributed by atoms with Gasteiger partial charge in [-0.15, -0.1) is 0 Å². The first-order valence-corrected chi connectivity index (χ1v) is 5.80. The smallest absolute Gasteiger partial charge is 0.307 e. The number of hydrogen-bond donors (Lipinski definition) is 0. The van der Waals surface area contributed by atoms with Gasteiger partial charge in [0.25, 0.3) is 0 Å². The van der Waals surface area contributed by atoms with E-state index in [1.165, 1.54) is 0 Å². The highest BCUT2D eigenvalue weighted by Crippen LogP contribution is 2.10. The van der Waals surface area contributed by atoms with Crippen LogP contribution in [0.1, 0.15) is 30.7 Å². The summed E-state index contributed by atoms with van der Waals surface area (Å²) in [5.74, 6) is 1.37. The minimum Gasteiger partial charge on any atom is -0.466 e. The molecule has 0 radical (unpaired) electrons. The highest BCUT2D eigenvalue weighted by atomic mass is 16.5. The van der Waals surface area contributed by atoms with E-state index in [2.05, 4.69) is 4.98 Å². The van der Waals surface area contributed by atoms with Crippen LogP contribution in [0.3, 0.4) is 0 Å². The van der Waals surface area contributed by atoms with Gasteiger partial charge in [0.15, 0.2) is 0 Å². The summed E-state index contributed by atoms with van der Waals surface area (Å²) in [6.07, 6.45) is 0.392. The SMILES string of the molecule is CCOC(=O)CCN(C)Cc1nc(C)c(C)o1. The number of rotatable bonds is 6. The molecule has 0 unspecified atom stereocenters. The van der Waals surface area contributed by atoms with Crippen LogP contribution in [0.15, 0.2) is 4.42 Å². The first kappa shape index (κ1) is 13.7. The number of esters is 1. The third kappa shape index (κ3) is 4.56. The maximum atomic E-state index is 11.2. The largest absolute Gasteiger partial charge is 0.466 e. The molecule has 17 heavy (non-hydrogen) atoms. The quantitative estimate of drug-likeness (QED) is 0.708. The van der Waals surface area contributed by atoms with Crippen molar-refractivity contribution in [1.82, 2.24) is 9.88 Å². The van der Waals surface area contributed by atoms with Crippen LogP contribution < -0.4 is 0 Å². The van der Waals surface area contributed by atoms with E-state index in [1.807, 2.05) is 25.8 Å². The summed E-state index contributed by atoms with van der Waals surface area (Å²) in [5, 5.41) is 0. The minimum absolute atomic E-state index is 0.167. The number of nitrogens with zero attached hydrogens (tertiary/aromatic N) is 2. The van der Waals surface area contributed by atoms with Crippen molar-refractivity contribution in [2.45, 2.75) is 33.7 Å². The van der Waals surface area contributed by atoms with Crippen molar-refractivity contribution < 1.29 is 13.9 Å². The van der Waals surface area contributed by atoms with Crippen LogP contribution in [-0.4, -0.2) is 36.1 Å². The van der Waals surface area contributed by atoms with Gasteiger partial charge in [0, 0.05) is 6.54 Å². The summed E-state index contributed by atoms with van der Waals surface area (Å²) in [6, 6.07) is 0. The molecule has 0 saturated heterocycles. The monoisotopic (exact) mass is 240 g/mol. The topological polar surface area (TPSA) is 55.6 Å². The number of carbonyl (C=O) groups excluding carboxylic acids is 1. The number of oxazole rings is 1. The van der Waals surface area contributed by atoms with Gasteiger partial charge in [0.1, 0.15) is 5.76 Å². The normalized spacial score (nSPS) is 10.9. The summed E-state index contributed by atoms with van der Waals surface area (Å²) >= 11 is 0. The Morgan fingerprint density at radius 2 is 2.18 bits per heavy atom. The molecule has 0 aliphatic carbocycles. The lowest BCUT2D eigenvalue weighted by Gasteiger charge is -2.13. The van der Waals surface area contributed by atoms with Crippen molar-refractivity contribution in [3.05, 3.63) is 17.3 Å². The highest BCUT2D eigenvalue weighted by molar-refractivity contribution is 5.69. The molecule has 0 fully saturated rings. The van der Waals surface area contributed by atoms with Crippen molar-refractivity contribution in [2.75, 3.05) is 20.2 Å². The van der Waals surface area contributed by atoms with Crippen molar-refractivity contribution in [1.29, 1.82) is 0 Å². The first-order chi connectivity index (χ1) is 8.02. The van der Waals surface area contributed by atoms with Gasteiger partial charge in [-0.05, 0) is 27.8 Å². The standard InChI is InChI=1S/C12H20N2O3/c1-5-16-12(15)6-7-14(4)8-11-13-9(2)10(3)17-11/h5-8H2,1-4H3. The number of aryl methyl sites for hydroxylation is 2. The fraction of sp³-hybridized carbons (Fsp3) is 0.667. The van der Waals surface area contributed by atoms with Crippen LogP contribution in [-0.2, 0) is 16.1 Å². The van der Waals surface area contributed by atoms with E-state index in [1.54, 1.807) is 6.92 Å². The Bertz CT molecular complexity index is 354. The van der Waals surface area contributed by atoms with Crippen LogP contribution in [0.2, 0.25) is 0 Å². The molecular weight excluding hydrogens is 220 g/mol. The Hall–Kier alpha value is -1.36. The molecule has 0 spiro atoms. The van der Waals surface area contributed by atoms with Crippen molar-refractivity contribution in [3.8, 4) is 0 Å². The number of ether oxygens (including phenoxy) is 1. The van der Waals surface area contributed by atoms with Gasteiger partial charge in [-0.2, -0.15) is 0 Å². The third-order valence-electron chi connectivity index (χ3n) is 2.48. The molecule has 0 aliphatic rings. The van der Waals surface area contributed by atoms with E-state index >= 15 is 0 Å². The Morgan fingerprint density at radius 3 is 2.71 bits per heavy atom. The summed E-state index contributed by atoms with van der Waals surface area (Å²) in [5.41, 5.74) is 0.916. The molecule has 96 valence electrons. The highest BCUT2D eigenvalue weighted by Gasteiger charge is 2.10. The molecule has 5 nitrogen and oxygen atoms in total. The second-order valence-electron chi connectivity index (χ2n) is 4.04. The van der Waals surface area contributed by atoms with Crippen LogP contribution in [0.4, 0.5) is 0 Å². The predicted molar refractivity (Wildman–Crippen MR) is 63.6 cm³/mol. The Labute approximate surface area is 102 Å². The Morgan fingerprint density at radius 1 is 1.47 bits per heavy atom. The third-order valence-corrected chi connectivity index (χ3v) is 2.48. The van der Waals surface area contributed by atoms with Gasteiger partial charge in [-0.3, -0.25) is 9.69 Å². The number of carbonyl (C=O) groups is 1. The molecule has 0 bridgehead atoms. The number of aromatic nitrogens is 1. The van der Waals surface area contributed by atoms with Gasteiger partial charge >= 0.3 is 5.97 Å². The van der Waals surface area contributed by atoms with Gasteiger partial charge in [-0.1, -0.05) is 0 Å². The van der Waals surface area contributed by atoms with Crippen molar-refractivity contribution >= 4 is 5.97 Å². The van der Waals surface area contributed by atoms with Gasteiger partial charge in [0.05, 0.1) is 25.3 Å². The molecule has 0 saturated carbocycles. The Balaban J connectivity index is 2.34. The van der Waals surface area contributed by atoms with E-state index in [4.69, 9.17) is 9.15 Å². The fourth-order valence-electron chi connectivity index (χ4n) is 1.43. The molecule has 0 amide bonds. The molecule has 0 aromatic carbocycles. The van der Waals surface area contributed by atoms with E-state index in [9.17, 15) is 4.79 Å². The van der Waals surface area contributed by atoms with Crippen LogP contribution in [0, 0.1) is 13.8 Å². The molecule has 1 aromatic heterocycles. The molecule has 5 heteroatoms. The van der Waals surface area contributed by atoms with Crippen molar-refractivity contribution in [2.24, 2.45) is 0 Å². The van der Waals surface area contributed by atoms with Gasteiger partial charge < -0.3 is 9.15 Å². The minimum atomic E-state index is -0.167. The maximum Gasteiger partial charge on any atom is 0.307 e. The van der Waals surface area contributed by atoms with E-state index in [0.717, 1.165) is 11.5 Å². The molecule has 1 heterocycles. The van der Waals surface area contributed by atoms with Crippen LogP contribution >= 0.6 is 0 Å². The zero-order chi connectivity index (χ0) is 12.8. The lowest BCUT2D eigenvalue weighted by atomic mass is 10.4. The molecule has 1 rings (SSSR count). The second kappa shape index (κ2) is 6.39.